The van der Waals surface area contributed by atoms with Gasteiger partial charge in [-0.25, -0.2) is 4.98 Å². The molecular weight excluding hydrogens is 279 g/mol. The second-order valence-corrected chi connectivity index (χ2v) is 5.49. The van der Waals surface area contributed by atoms with Crippen molar-refractivity contribution in [2.24, 2.45) is 0 Å². The van der Waals surface area contributed by atoms with Gasteiger partial charge < -0.3 is 10.6 Å². The molecule has 0 aliphatic carbocycles. The van der Waals surface area contributed by atoms with Crippen LogP contribution in [0.25, 0.3) is 0 Å². The van der Waals surface area contributed by atoms with Crippen molar-refractivity contribution in [1.82, 2.24) is 10.3 Å². The topological polar surface area (TPSA) is 37.0 Å². The van der Waals surface area contributed by atoms with Crippen molar-refractivity contribution in [2.45, 2.75) is 43.6 Å². The average Bonchev–Trinajstić information content (AvgIpc) is 2.92. The van der Waals surface area contributed by atoms with E-state index in [0.717, 1.165) is 31.5 Å². The Labute approximate surface area is 113 Å². The minimum absolute atomic E-state index is 0.0117. The lowest BCUT2D eigenvalue weighted by atomic mass is 9.95. The van der Waals surface area contributed by atoms with E-state index in [4.69, 9.17) is 11.6 Å². The number of hydrogen-bond acceptors (Lipinski definition) is 3. The second-order valence-electron chi connectivity index (χ2n) is 5.09. The number of pyridine rings is 1. The summed E-state index contributed by atoms with van der Waals surface area (Å²) >= 11 is 5.87. The Kier molecular flexibility index (Phi) is 3.09. The van der Waals surface area contributed by atoms with Crippen LogP contribution < -0.4 is 10.6 Å². The molecule has 104 valence electrons. The molecule has 2 aliphatic heterocycles. The fourth-order valence-corrected chi connectivity index (χ4v) is 3.08. The van der Waals surface area contributed by atoms with E-state index in [-0.39, 0.29) is 11.1 Å². The Morgan fingerprint density at radius 3 is 2.68 bits per heavy atom. The maximum absolute atomic E-state index is 12.5. The molecule has 1 aromatic rings. The molecule has 7 heteroatoms. The second kappa shape index (κ2) is 4.52. The molecule has 2 N–H and O–H groups in total. The molecule has 1 aromatic heterocycles. The zero-order chi connectivity index (χ0) is 13.6. The Balaban J connectivity index is 1.75. The van der Waals surface area contributed by atoms with Crippen LogP contribution in [0.1, 0.15) is 24.8 Å². The van der Waals surface area contributed by atoms with Crippen LogP contribution in [0.4, 0.5) is 19.0 Å². The van der Waals surface area contributed by atoms with E-state index in [1.54, 1.807) is 0 Å². The van der Waals surface area contributed by atoms with Crippen molar-refractivity contribution >= 4 is 17.4 Å². The van der Waals surface area contributed by atoms with E-state index in [2.05, 4.69) is 15.6 Å². The predicted octanol–water partition coefficient (Wildman–Crippen LogP) is 3.06. The molecule has 3 unspecified atom stereocenters. The summed E-state index contributed by atoms with van der Waals surface area (Å²) < 4.78 is 37.5. The van der Waals surface area contributed by atoms with Gasteiger partial charge in [0.05, 0.1) is 10.6 Å². The lowest BCUT2D eigenvalue weighted by Gasteiger charge is -2.22. The van der Waals surface area contributed by atoms with Crippen molar-refractivity contribution in [1.29, 1.82) is 0 Å². The van der Waals surface area contributed by atoms with Crippen LogP contribution in [0, 0.1) is 0 Å². The van der Waals surface area contributed by atoms with Gasteiger partial charge in [-0.3, -0.25) is 0 Å². The van der Waals surface area contributed by atoms with E-state index in [9.17, 15) is 13.2 Å². The molecule has 0 aromatic carbocycles. The molecule has 2 saturated heterocycles. The zero-order valence-electron chi connectivity index (χ0n) is 9.97. The molecule has 2 bridgehead atoms. The highest BCUT2D eigenvalue weighted by atomic mass is 35.5. The van der Waals surface area contributed by atoms with Crippen LogP contribution in [0.5, 0.6) is 0 Å². The van der Waals surface area contributed by atoms with Crippen LogP contribution in [0.3, 0.4) is 0 Å². The van der Waals surface area contributed by atoms with Crippen LogP contribution in [-0.2, 0) is 6.18 Å². The quantitative estimate of drug-likeness (QED) is 0.879. The first-order chi connectivity index (χ1) is 8.93. The van der Waals surface area contributed by atoms with Gasteiger partial charge in [-0.1, -0.05) is 11.6 Å². The average molecular weight is 292 g/mol. The van der Waals surface area contributed by atoms with Gasteiger partial charge in [0.25, 0.3) is 0 Å². The van der Waals surface area contributed by atoms with Gasteiger partial charge in [-0.05, 0) is 25.3 Å². The van der Waals surface area contributed by atoms with E-state index in [1.807, 2.05) is 0 Å². The van der Waals surface area contributed by atoms with Gasteiger partial charge in [-0.2, -0.15) is 13.2 Å². The highest BCUT2D eigenvalue weighted by molar-refractivity contribution is 6.33. The molecule has 19 heavy (non-hydrogen) atoms. The van der Waals surface area contributed by atoms with Gasteiger partial charge in [0.1, 0.15) is 5.82 Å². The monoisotopic (exact) mass is 291 g/mol. The van der Waals surface area contributed by atoms with Gasteiger partial charge in [-0.15, -0.1) is 0 Å². The van der Waals surface area contributed by atoms with Gasteiger partial charge in [0.2, 0.25) is 0 Å². The normalized spacial score (nSPS) is 29.8. The molecule has 0 radical (unpaired) electrons. The Hall–Kier alpha value is -1.01. The number of fused-ring (bicyclic) bond motifs is 2. The fraction of sp³-hybridized carbons (Fsp3) is 0.583. The Morgan fingerprint density at radius 1 is 1.37 bits per heavy atom. The summed E-state index contributed by atoms with van der Waals surface area (Å²) in [5.74, 6) is 0.328. The predicted molar refractivity (Wildman–Crippen MR) is 66.2 cm³/mol. The third-order valence-corrected chi connectivity index (χ3v) is 4.08. The summed E-state index contributed by atoms with van der Waals surface area (Å²) in [5.41, 5.74) is -0.825. The summed E-state index contributed by atoms with van der Waals surface area (Å²) in [6.45, 7) is 0. The van der Waals surface area contributed by atoms with Crippen molar-refractivity contribution in [3.8, 4) is 0 Å². The summed E-state index contributed by atoms with van der Waals surface area (Å²) in [5, 5.41) is 6.60. The summed E-state index contributed by atoms with van der Waals surface area (Å²) in [6.07, 6.45) is -0.390. The fourth-order valence-electron chi connectivity index (χ4n) is 2.86. The van der Waals surface area contributed by atoms with Crippen molar-refractivity contribution < 1.29 is 13.2 Å². The minimum Gasteiger partial charge on any atom is -0.364 e. The Bertz CT molecular complexity index is 492. The van der Waals surface area contributed by atoms with Gasteiger partial charge in [0.15, 0.2) is 0 Å². The largest absolute Gasteiger partial charge is 0.417 e. The van der Waals surface area contributed by atoms with E-state index < -0.39 is 11.7 Å². The zero-order valence-corrected chi connectivity index (χ0v) is 10.7. The highest BCUT2D eigenvalue weighted by Crippen LogP contribution is 2.34. The molecule has 0 saturated carbocycles. The standard InChI is InChI=1S/C12H13ClF3N3/c13-8-3-6(12(14,15)16)5-17-11(8)19-10-4-7-1-2-9(10)18-7/h3,5,7,9-10,18H,1-2,4H2,(H,17,19). The number of aromatic nitrogens is 1. The van der Waals surface area contributed by atoms with Gasteiger partial charge in [0, 0.05) is 24.3 Å². The number of alkyl halides is 3. The van der Waals surface area contributed by atoms with Gasteiger partial charge >= 0.3 is 6.18 Å². The lowest BCUT2D eigenvalue weighted by Crippen LogP contribution is -2.33. The molecule has 2 aliphatic rings. The number of anilines is 1. The maximum Gasteiger partial charge on any atom is 0.417 e. The van der Waals surface area contributed by atoms with Crippen LogP contribution in [0.2, 0.25) is 5.02 Å². The third-order valence-electron chi connectivity index (χ3n) is 3.79. The van der Waals surface area contributed by atoms with Crippen molar-refractivity contribution in [2.75, 3.05) is 5.32 Å². The smallest absolute Gasteiger partial charge is 0.364 e. The number of rotatable bonds is 2. The van der Waals surface area contributed by atoms with Crippen molar-refractivity contribution in [3.63, 3.8) is 0 Å². The molecule has 3 rings (SSSR count). The van der Waals surface area contributed by atoms with E-state index in [0.29, 0.717) is 17.9 Å². The third kappa shape index (κ3) is 2.51. The van der Waals surface area contributed by atoms with E-state index >= 15 is 0 Å². The first kappa shape index (κ1) is 13.0. The SMILES string of the molecule is FC(F)(F)c1cnc(NC2CC3CCC2N3)c(Cl)c1. The first-order valence-corrected chi connectivity index (χ1v) is 6.56. The minimum atomic E-state index is -4.41. The highest BCUT2D eigenvalue weighted by Gasteiger charge is 2.39. The Morgan fingerprint density at radius 2 is 2.16 bits per heavy atom. The molecule has 2 fully saturated rings. The van der Waals surface area contributed by atoms with Crippen LogP contribution >= 0.6 is 11.6 Å². The molecular formula is C12H13ClF3N3. The molecule has 0 spiro atoms. The number of halogens is 4. The van der Waals surface area contributed by atoms with Crippen LogP contribution in [0.15, 0.2) is 12.3 Å². The summed E-state index contributed by atoms with van der Waals surface area (Å²) in [7, 11) is 0. The van der Waals surface area contributed by atoms with E-state index in [1.165, 1.54) is 0 Å². The molecule has 0 amide bonds. The lowest BCUT2D eigenvalue weighted by molar-refractivity contribution is -0.137. The molecule has 3 nitrogen and oxygen atoms in total. The van der Waals surface area contributed by atoms with Crippen LogP contribution in [-0.4, -0.2) is 23.1 Å². The maximum atomic E-state index is 12.5. The first-order valence-electron chi connectivity index (χ1n) is 6.19. The number of nitrogens with one attached hydrogen (secondary N) is 2. The molecule has 3 heterocycles. The molecule has 3 atom stereocenters. The number of hydrogen-bond donors (Lipinski definition) is 2. The summed E-state index contributed by atoms with van der Waals surface area (Å²) in [6, 6.07) is 1.98. The number of nitrogens with zero attached hydrogens (tertiary/aromatic N) is 1. The van der Waals surface area contributed by atoms with Crippen molar-refractivity contribution in [3.05, 3.63) is 22.8 Å². The summed E-state index contributed by atoms with van der Waals surface area (Å²) in [4.78, 5) is 3.80.